The van der Waals surface area contributed by atoms with E-state index in [9.17, 15) is 14.4 Å². The Morgan fingerprint density at radius 3 is 2.47 bits per heavy atom. The molecule has 11 heteroatoms. The third-order valence-electron chi connectivity index (χ3n) is 5.14. The van der Waals surface area contributed by atoms with Crippen molar-refractivity contribution < 1.29 is 23.9 Å². The fourth-order valence-corrected chi connectivity index (χ4v) is 4.88. The fraction of sp³-hybridized carbons (Fsp3) is 0.348. The van der Waals surface area contributed by atoms with Gasteiger partial charge >= 0.3 is 11.9 Å². The van der Waals surface area contributed by atoms with Gasteiger partial charge in [-0.2, -0.15) is 0 Å². The van der Waals surface area contributed by atoms with Gasteiger partial charge in [-0.05, 0) is 44.0 Å². The van der Waals surface area contributed by atoms with Gasteiger partial charge in [0.1, 0.15) is 0 Å². The molecule has 0 aliphatic rings. The van der Waals surface area contributed by atoms with Crippen molar-refractivity contribution in [1.82, 2.24) is 14.8 Å². The van der Waals surface area contributed by atoms with E-state index in [0.29, 0.717) is 11.7 Å². The van der Waals surface area contributed by atoms with Crippen molar-refractivity contribution in [2.75, 3.05) is 25.3 Å². The van der Waals surface area contributed by atoms with E-state index in [1.54, 1.807) is 11.3 Å². The van der Waals surface area contributed by atoms with E-state index in [-0.39, 0.29) is 28.5 Å². The van der Waals surface area contributed by atoms with Gasteiger partial charge in [-0.25, -0.2) is 9.59 Å². The summed E-state index contributed by atoms with van der Waals surface area (Å²) >= 11 is 2.92. The van der Waals surface area contributed by atoms with Crippen LogP contribution >= 0.6 is 23.1 Å². The summed E-state index contributed by atoms with van der Waals surface area (Å²) < 4.78 is 11.5. The van der Waals surface area contributed by atoms with E-state index in [1.165, 1.54) is 54.6 Å². The molecule has 0 spiro atoms. The molecule has 9 nitrogen and oxygen atoms in total. The number of ether oxygens (including phenoxy) is 2. The molecule has 3 rings (SSSR count). The molecular formula is C23H26N4O5S2. The zero-order valence-electron chi connectivity index (χ0n) is 19.6. The van der Waals surface area contributed by atoms with Gasteiger partial charge in [0.15, 0.2) is 11.0 Å². The van der Waals surface area contributed by atoms with Crippen LogP contribution in [0.25, 0.3) is 11.4 Å². The van der Waals surface area contributed by atoms with Crippen LogP contribution in [0.2, 0.25) is 0 Å². The minimum Gasteiger partial charge on any atom is -0.465 e. The Labute approximate surface area is 205 Å². The first-order valence-corrected chi connectivity index (χ1v) is 12.4. The van der Waals surface area contributed by atoms with E-state index < -0.39 is 11.9 Å². The molecule has 0 aliphatic carbocycles. The van der Waals surface area contributed by atoms with Crippen LogP contribution in [0, 0.1) is 13.8 Å². The quantitative estimate of drug-likeness (QED) is 0.340. The Bertz CT molecular complexity index is 1220. The number of nitrogens with one attached hydrogen (secondary N) is 1. The Morgan fingerprint density at radius 1 is 1.12 bits per heavy atom. The molecule has 2 heterocycles. The second kappa shape index (κ2) is 11.3. The highest BCUT2D eigenvalue weighted by Crippen LogP contribution is 2.32. The van der Waals surface area contributed by atoms with Crippen LogP contribution in [-0.4, -0.2) is 52.6 Å². The van der Waals surface area contributed by atoms with E-state index in [0.717, 1.165) is 17.8 Å². The molecule has 180 valence electrons. The first-order valence-electron chi connectivity index (χ1n) is 10.5. The predicted octanol–water partition coefficient (Wildman–Crippen LogP) is 4.34. The van der Waals surface area contributed by atoms with Gasteiger partial charge in [0, 0.05) is 22.4 Å². The predicted molar refractivity (Wildman–Crippen MR) is 132 cm³/mol. The Hall–Kier alpha value is -3.18. The molecular weight excluding hydrogens is 476 g/mol. The highest BCUT2D eigenvalue weighted by molar-refractivity contribution is 7.99. The van der Waals surface area contributed by atoms with Crippen molar-refractivity contribution in [2.45, 2.75) is 38.9 Å². The number of aromatic nitrogens is 3. The van der Waals surface area contributed by atoms with Gasteiger partial charge in [0.05, 0.1) is 36.8 Å². The molecule has 0 atom stereocenters. The minimum absolute atomic E-state index is 0.0343. The zero-order valence-corrected chi connectivity index (χ0v) is 21.3. The Morgan fingerprint density at radius 2 is 1.85 bits per heavy atom. The number of esters is 2. The summed E-state index contributed by atoms with van der Waals surface area (Å²) in [6.45, 7) is 6.92. The summed E-state index contributed by atoms with van der Waals surface area (Å²) in [6.07, 6.45) is 0.885. The molecule has 0 unspecified atom stereocenters. The molecule has 1 aromatic carbocycles. The van der Waals surface area contributed by atoms with Gasteiger partial charge in [0.25, 0.3) is 0 Å². The maximum atomic E-state index is 12.7. The number of anilines is 1. The fourth-order valence-electron chi connectivity index (χ4n) is 3.25. The zero-order chi connectivity index (χ0) is 24.8. The van der Waals surface area contributed by atoms with E-state index in [4.69, 9.17) is 9.47 Å². The summed E-state index contributed by atoms with van der Waals surface area (Å²) in [4.78, 5) is 38.0. The van der Waals surface area contributed by atoms with Crippen LogP contribution in [0.1, 0.15) is 44.5 Å². The van der Waals surface area contributed by atoms with Crippen LogP contribution in [0.5, 0.6) is 0 Å². The minimum atomic E-state index is -0.631. The Kier molecular flexibility index (Phi) is 8.46. The van der Waals surface area contributed by atoms with Crippen molar-refractivity contribution >= 4 is 46.6 Å². The monoisotopic (exact) mass is 502 g/mol. The van der Waals surface area contributed by atoms with Gasteiger partial charge in [0.2, 0.25) is 5.91 Å². The number of rotatable bonds is 9. The molecule has 1 N–H and O–H groups in total. The molecule has 0 radical (unpaired) electrons. The number of thiophene rings is 1. The lowest BCUT2D eigenvalue weighted by Crippen LogP contribution is -2.18. The lowest BCUT2D eigenvalue weighted by molar-refractivity contribution is -0.113. The number of carbonyl (C=O) groups excluding carboxylic acids is 3. The smallest absolute Gasteiger partial charge is 0.339 e. The lowest BCUT2D eigenvalue weighted by atomic mass is 10.1. The number of hydrogen-bond acceptors (Lipinski definition) is 9. The number of nitrogens with zero attached hydrogens (tertiary/aromatic N) is 3. The van der Waals surface area contributed by atoms with E-state index in [1.807, 2.05) is 4.57 Å². The van der Waals surface area contributed by atoms with Gasteiger partial charge in [-0.15, -0.1) is 21.5 Å². The molecule has 0 saturated heterocycles. The normalized spacial score (nSPS) is 10.7. The number of hydrogen-bond donors (Lipinski definition) is 1. The molecule has 0 fully saturated rings. The maximum absolute atomic E-state index is 12.7. The van der Waals surface area contributed by atoms with Gasteiger partial charge in [-0.3, -0.25) is 4.79 Å². The first-order chi connectivity index (χ1) is 16.3. The summed E-state index contributed by atoms with van der Waals surface area (Å²) in [7, 11) is 2.50. The second-order valence-corrected chi connectivity index (χ2v) is 9.40. The molecule has 3 aromatic rings. The van der Waals surface area contributed by atoms with E-state index >= 15 is 0 Å². The molecule has 34 heavy (non-hydrogen) atoms. The number of thioether (sulfide) groups is 1. The third-order valence-corrected chi connectivity index (χ3v) is 7.12. The highest BCUT2D eigenvalue weighted by atomic mass is 32.2. The van der Waals surface area contributed by atoms with Gasteiger partial charge in [-0.1, -0.05) is 18.7 Å². The number of aryl methyl sites for hydroxylation is 1. The van der Waals surface area contributed by atoms with Crippen molar-refractivity contribution in [1.29, 1.82) is 0 Å². The highest BCUT2D eigenvalue weighted by Gasteiger charge is 2.20. The van der Waals surface area contributed by atoms with Crippen LogP contribution in [0.4, 0.5) is 5.69 Å². The molecule has 1 amide bonds. The number of carbonyl (C=O) groups is 3. The summed E-state index contributed by atoms with van der Waals surface area (Å²) in [5.74, 6) is -0.765. The van der Waals surface area contributed by atoms with Crippen LogP contribution in [0.3, 0.4) is 0 Å². The van der Waals surface area contributed by atoms with Gasteiger partial charge < -0.3 is 19.4 Å². The van der Waals surface area contributed by atoms with Crippen molar-refractivity contribution in [3.05, 3.63) is 45.1 Å². The number of amides is 1. The van der Waals surface area contributed by atoms with Crippen molar-refractivity contribution in [3.8, 4) is 11.4 Å². The summed E-state index contributed by atoms with van der Waals surface area (Å²) in [5.41, 5.74) is 2.72. The molecule has 2 aromatic heterocycles. The third kappa shape index (κ3) is 5.48. The van der Waals surface area contributed by atoms with Crippen LogP contribution in [-0.2, 0) is 20.8 Å². The number of methoxy groups -OCH3 is 2. The molecule has 0 bridgehead atoms. The molecule has 0 saturated carbocycles. The standard InChI is InChI=1S/C23H26N4O5S2/c1-6-9-27-20(17-11-33-14(3)13(17)2)25-26-23(27)34-12-19(28)24-18-10-15(21(29)31-4)7-8-16(18)22(30)32-5/h7-8,10-11H,6,9,12H2,1-5H3,(H,24,28). The van der Waals surface area contributed by atoms with Crippen molar-refractivity contribution in [2.24, 2.45) is 0 Å². The largest absolute Gasteiger partial charge is 0.465 e. The van der Waals surface area contributed by atoms with Crippen LogP contribution in [0.15, 0.2) is 28.7 Å². The van der Waals surface area contributed by atoms with E-state index in [2.05, 4.69) is 41.7 Å². The molecule has 0 aliphatic heterocycles. The topological polar surface area (TPSA) is 112 Å². The SMILES string of the molecule is CCCn1c(SCC(=O)Nc2cc(C(=O)OC)ccc2C(=O)OC)nnc1-c1csc(C)c1C. The second-order valence-electron chi connectivity index (χ2n) is 7.37. The maximum Gasteiger partial charge on any atom is 0.339 e. The summed E-state index contributed by atoms with van der Waals surface area (Å²) in [6, 6.07) is 4.24. The average Bonchev–Trinajstić information content (AvgIpc) is 3.38. The number of benzene rings is 1. The van der Waals surface area contributed by atoms with Crippen LogP contribution < -0.4 is 5.32 Å². The van der Waals surface area contributed by atoms with Crippen molar-refractivity contribution in [3.63, 3.8) is 0 Å². The average molecular weight is 503 g/mol. The lowest BCUT2D eigenvalue weighted by Gasteiger charge is -2.12. The summed E-state index contributed by atoms with van der Waals surface area (Å²) in [5, 5.41) is 14.1. The first kappa shape index (κ1) is 25.4. The Balaban J connectivity index is 1.80.